The molecular formula is C16H19N5O3. The van der Waals surface area contributed by atoms with E-state index >= 15 is 0 Å². The molecule has 1 aliphatic heterocycles. The smallest absolute Gasteiger partial charge is 0.322 e. The number of urea groups is 1. The van der Waals surface area contributed by atoms with Crippen molar-refractivity contribution in [1.82, 2.24) is 25.5 Å². The van der Waals surface area contributed by atoms with Crippen molar-refractivity contribution in [2.24, 2.45) is 0 Å². The molecule has 3 rings (SSSR count). The molecule has 8 heteroatoms. The van der Waals surface area contributed by atoms with Gasteiger partial charge in [0.1, 0.15) is 11.9 Å². The van der Waals surface area contributed by atoms with Gasteiger partial charge in [-0.1, -0.05) is 12.1 Å². The maximum Gasteiger partial charge on any atom is 0.322 e. The summed E-state index contributed by atoms with van der Waals surface area (Å²) in [6, 6.07) is 6.41. The third-order valence-corrected chi connectivity index (χ3v) is 4.01. The van der Waals surface area contributed by atoms with Crippen molar-refractivity contribution < 1.29 is 14.4 Å². The van der Waals surface area contributed by atoms with Crippen LogP contribution in [0.2, 0.25) is 0 Å². The molecule has 2 heterocycles. The number of fused-ring (bicyclic) bond motifs is 1. The predicted octanol–water partition coefficient (Wildman–Crippen LogP) is 0.661. The Kier molecular flexibility index (Phi) is 4.45. The average Bonchev–Trinajstić information content (AvgIpc) is 2.83. The molecule has 1 fully saturated rings. The lowest BCUT2D eigenvalue weighted by molar-refractivity contribution is -0.123. The van der Waals surface area contributed by atoms with Crippen molar-refractivity contribution in [3.63, 3.8) is 0 Å². The Morgan fingerprint density at radius 3 is 2.96 bits per heavy atom. The van der Waals surface area contributed by atoms with E-state index in [2.05, 4.69) is 20.9 Å². The fraction of sp³-hybridized carbons (Fsp3) is 0.375. The molecule has 8 nitrogen and oxygen atoms in total. The summed E-state index contributed by atoms with van der Waals surface area (Å²) >= 11 is 0. The van der Waals surface area contributed by atoms with E-state index in [1.54, 1.807) is 0 Å². The van der Waals surface area contributed by atoms with E-state index < -0.39 is 12.1 Å². The largest absolute Gasteiger partial charge is 0.347 e. The van der Waals surface area contributed by atoms with Gasteiger partial charge in [0.05, 0.1) is 17.6 Å². The van der Waals surface area contributed by atoms with Gasteiger partial charge in [0, 0.05) is 13.0 Å². The number of carbonyl (C=O) groups is 3. The molecule has 1 aromatic carbocycles. The lowest BCUT2D eigenvalue weighted by Crippen LogP contribution is -2.48. The summed E-state index contributed by atoms with van der Waals surface area (Å²) in [4.78, 5) is 39.6. The fourth-order valence-electron chi connectivity index (χ4n) is 2.83. The van der Waals surface area contributed by atoms with Gasteiger partial charge in [-0.25, -0.2) is 9.78 Å². The highest BCUT2D eigenvalue weighted by atomic mass is 16.2. The van der Waals surface area contributed by atoms with Gasteiger partial charge in [0.15, 0.2) is 0 Å². The molecule has 126 valence electrons. The summed E-state index contributed by atoms with van der Waals surface area (Å²) in [6.07, 6.45) is 0.401. The zero-order chi connectivity index (χ0) is 17.1. The Morgan fingerprint density at radius 1 is 1.38 bits per heavy atom. The number of aryl methyl sites for hydroxylation is 1. The van der Waals surface area contributed by atoms with E-state index in [0.717, 1.165) is 23.4 Å². The second-order valence-corrected chi connectivity index (χ2v) is 5.59. The lowest BCUT2D eigenvalue weighted by Gasteiger charge is -2.15. The van der Waals surface area contributed by atoms with Crippen molar-refractivity contribution in [2.75, 3.05) is 0 Å². The molecule has 0 unspecified atom stereocenters. The number of nitrogens with zero attached hydrogens (tertiary/aromatic N) is 2. The number of imidazole rings is 1. The number of hydrogen-bond acceptors (Lipinski definition) is 4. The van der Waals surface area contributed by atoms with Crippen molar-refractivity contribution >= 4 is 28.9 Å². The third-order valence-electron chi connectivity index (χ3n) is 4.01. The van der Waals surface area contributed by atoms with Gasteiger partial charge in [-0.2, -0.15) is 0 Å². The van der Waals surface area contributed by atoms with Crippen LogP contribution in [0.25, 0.3) is 11.0 Å². The van der Waals surface area contributed by atoms with Crippen LogP contribution in [-0.2, 0) is 22.7 Å². The number of imide groups is 1. The summed E-state index contributed by atoms with van der Waals surface area (Å²) in [7, 11) is 0. The molecule has 1 aliphatic rings. The molecule has 1 aromatic heterocycles. The van der Waals surface area contributed by atoms with Crippen LogP contribution < -0.4 is 16.0 Å². The predicted molar refractivity (Wildman–Crippen MR) is 87.0 cm³/mol. The van der Waals surface area contributed by atoms with Crippen molar-refractivity contribution in [3.8, 4) is 0 Å². The quantitative estimate of drug-likeness (QED) is 0.766. The van der Waals surface area contributed by atoms with Gasteiger partial charge in [-0.15, -0.1) is 0 Å². The zero-order valence-corrected chi connectivity index (χ0v) is 13.3. The molecule has 3 N–H and O–H groups in total. The third kappa shape index (κ3) is 3.22. The second-order valence-electron chi connectivity index (χ2n) is 5.59. The van der Waals surface area contributed by atoms with E-state index in [1.165, 1.54) is 0 Å². The molecule has 4 amide bonds. The summed E-state index contributed by atoms with van der Waals surface area (Å²) in [5.41, 5.74) is 1.89. The Bertz CT molecular complexity index is 798. The monoisotopic (exact) mass is 329 g/mol. The number of benzene rings is 1. The van der Waals surface area contributed by atoms with Crippen LogP contribution >= 0.6 is 0 Å². The highest BCUT2D eigenvalue weighted by Gasteiger charge is 2.26. The molecule has 2 aromatic rings. The van der Waals surface area contributed by atoms with Gasteiger partial charge in [0.2, 0.25) is 11.8 Å². The summed E-state index contributed by atoms with van der Waals surface area (Å²) in [5.74, 6) is 0.0475. The summed E-state index contributed by atoms with van der Waals surface area (Å²) in [6.45, 7) is 3.02. The maximum atomic E-state index is 12.3. The van der Waals surface area contributed by atoms with Gasteiger partial charge in [0.25, 0.3) is 0 Å². The van der Waals surface area contributed by atoms with Crippen LogP contribution in [0.1, 0.15) is 25.6 Å². The van der Waals surface area contributed by atoms with Crippen LogP contribution in [0.4, 0.5) is 4.79 Å². The molecule has 1 atom stereocenters. The van der Waals surface area contributed by atoms with E-state index in [4.69, 9.17) is 0 Å². The molecular weight excluding hydrogens is 310 g/mol. The first-order valence-corrected chi connectivity index (χ1v) is 7.90. The Labute approximate surface area is 138 Å². The Hall–Kier alpha value is -2.90. The fourth-order valence-corrected chi connectivity index (χ4v) is 2.83. The van der Waals surface area contributed by atoms with E-state index in [9.17, 15) is 14.4 Å². The van der Waals surface area contributed by atoms with Crippen LogP contribution in [0.15, 0.2) is 24.3 Å². The molecule has 0 saturated carbocycles. The van der Waals surface area contributed by atoms with Crippen molar-refractivity contribution in [2.45, 2.75) is 38.9 Å². The standard InChI is InChI=1S/C16H19N5O3/c1-2-21-12-6-4-3-5-10(12)18-13(21)9-17-15(23)11-7-8-14(22)20-16(24)19-11/h3-6,11H,2,7-9H2,1H3,(H,17,23)(H2,19,20,22,24)/t11-/m0/s1. The highest BCUT2D eigenvalue weighted by molar-refractivity contribution is 5.98. The number of amides is 4. The van der Waals surface area contributed by atoms with Crippen LogP contribution in [0.5, 0.6) is 0 Å². The SMILES string of the molecule is CCn1c(CNC(=O)[C@@H]2CCC(=O)NC(=O)N2)nc2ccccc21. The minimum atomic E-state index is -0.726. The van der Waals surface area contributed by atoms with Crippen LogP contribution in [0.3, 0.4) is 0 Å². The maximum absolute atomic E-state index is 12.3. The molecule has 1 saturated heterocycles. The number of hydrogen-bond donors (Lipinski definition) is 3. The Balaban J connectivity index is 1.70. The van der Waals surface area contributed by atoms with E-state index in [1.807, 2.05) is 35.8 Å². The van der Waals surface area contributed by atoms with Gasteiger partial charge >= 0.3 is 6.03 Å². The van der Waals surface area contributed by atoms with Crippen LogP contribution in [-0.4, -0.2) is 33.4 Å². The van der Waals surface area contributed by atoms with Crippen molar-refractivity contribution in [1.29, 1.82) is 0 Å². The average molecular weight is 329 g/mol. The highest BCUT2D eigenvalue weighted by Crippen LogP contribution is 2.15. The van der Waals surface area contributed by atoms with Gasteiger partial charge in [-0.05, 0) is 25.5 Å². The molecule has 24 heavy (non-hydrogen) atoms. The number of carbonyl (C=O) groups excluding carboxylic acids is 3. The lowest BCUT2D eigenvalue weighted by atomic mass is 10.1. The zero-order valence-electron chi connectivity index (χ0n) is 13.3. The number of nitrogens with one attached hydrogen (secondary N) is 3. The van der Waals surface area contributed by atoms with E-state index in [0.29, 0.717) is 0 Å². The molecule has 0 aliphatic carbocycles. The van der Waals surface area contributed by atoms with Crippen LogP contribution in [0, 0.1) is 0 Å². The van der Waals surface area contributed by atoms with E-state index in [-0.39, 0.29) is 31.2 Å². The molecule has 0 spiro atoms. The topological polar surface area (TPSA) is 105 Å². The molecule has 0 radical (unpaired) electrons. The summed E-state index contributed by atoms with van der Waals surface area (Å²) in [5, 5.41) is 7.43. The van der Waals surface area contributed by atoms with Gasteiger partial charge < -0.3 is 15.2 Å². The van der Waals surface area contributed by atoms with Crippen molar-refractivity contribution in [3.05, 3.63) is 30.1 Å². The summed E-state index contributed by atoms with van der Waals surface area (Å²) < 4.78 is 2.03. The first-order chi connectivity index (χ1) is 11.6. The molecule has 0 bridgehead atoms. The van der Waals surface area contributed by atoms with Gasteiger partial charge in [-0.3, -0.25) is 14.9 Å². The number of aromatic nitrogens is 2. The second kappa shape index (κ2) is 6.69. The first-order valence-electron chi connectivity index (χ1n) is 7.90. The minimum Gasteiger partial charge on any atom is -0.347 e. The normalized spacial score (nSPS) is 18.0. The number of para-hydroxylation sites is 2. The number of rotatable bonds is 4. The first kappa shape index (κ1) is 16.0. The minimum absolute atomic E-state index is 0.129. The Morgan fingerprint density at radius 2 is 2.17 bits per heavy atom.